The second kappa shape index (κ2) is 6.92. The molecule has 0 aromatic rings. The van der Waals surface area contributed by atoms with Gasteiger partial charge in [-0.15, -0.1) is 0 Å². The first kappa shape index (κ1) is 16.8. The first-order valence-electron chi connectivity index (χ1n) is 7.11. The van der Waals surface area contributed by atoms with Gasteiger partial charge >= 0.3 is 12.0 Å². The number of nitrogens with one attached hydrogen (secondary N) is 1. The first-order valence-corrected chi connectivity index (χ1v) is 7.11. The van der Waals surface area contributed by atoms with E-state index in [1.165, 1.54) is 0 Å². The number of hydrogen-bond acceptors (Lipinski definition) is 3. The van der Waals surface area contributed by atoms with Gasteiger partial charge in [0.25, 0.3) is 0 Å². The van der Waals surface area contributed by atoms with Crippen LogP contribution in [0.3, 0.4) is 0 Å². The Morgan fingerprint density at radius 3 is 2.30 bits per heavy atom. The molecule has 6 heteroatoms. The number of aliphatic carboxylic acids is 1. The zero-order chi connectivity index (χ0) is 15.3. The minimum Gasteiger partial charge on any atom is -0.481 e. The molecule has 0 aromatic carbocycles. The summed E-state index contributed by atoms with van der Waals surface area (Å²) in [6, 6.07) is -0.0827. The molecule has 1 rings (SSSR count). The van der Waals surface area contributed by atoms with Gasteiger partial charge in [0.15, 0.2) is 0 Å². The molecule has 0 aliphatic carbocycles. The Bertz CT molecular complexity index is 348. The molecule has 0 saturated carbocycles. The van der Waals surface area contributed by atoms with Gasteiger partial charge in [-0.25, -0.2) is 4.79 Å². The molecule has 0 radical (unpaired) electrons. The SMILES string of the molecule is CN(C)CC(C)(C)CNC(=O)N1CCC(C(=O)O)CC1. The predicted molar refractivity (Wildman–Crippen MR) is 77.7 cm³/mol. The van der Waals surface area contributed by atoms with Gasteiger partial charge in [0.1, 0.15) is 0 Å². The van der Waals surface area contributed by atoms with Crippen molar-refractivity contribution in [2.45, 2.75) is 26.7 Å². The quantitative estimate of drug-likeness (QED) is 0.793. The van der Waals surface area contributed by atoms with Gasteiger partial charge in [-0.2, -0.15) is 0 Å². The molecule has 20 heavy (non-hydrogen) atoms. The fourth-order valence-corrected chi connectivity index (χ4v) is 2.67. The molecular weight excluding hydrogens is 258 g/mol. The lowest BCUT2D eigenvalue weighted by Gasteiger charge is -2.33. The molecule has 0 unspecified atom stereocenters. The minimum atomic E-state index is -0.753. The molecule has 0 spiro atoms. The highest BCUT2D eigenvalue weighted by molar-refractivity contribution is 5.75. The first-order chi connectivity index (χ1) is 9.21. The average Bonchev–Trinajstić information content (AvgIpc) is 2.34. The second-order valence-electron chi connectivity index (χ2n) is 6.66. The Kier molecular flexibility index (Phi) is 5.80. The Hall–Kier alpha value is -1.30. The van der Waals surface area contributed by atoms with Gasteiger partial charge in [0.2, 0.25) is 0 Å². The van der Waals surface area contributed by atoms with Gasteiger partial charge in [-0.1, -0.05) is 13.8 Å². The van der Waals surface area contributed by atoms with Crippen molar-refractivity contribution in [2.24, 2.45) is 11.3 Å². The van der Waals surface area contributed by atoms with Crippen molar-refractivity contribution in [1.82, 2.24) is 15.1 Å². The maximum Gasteiger partial charge on any atom is 0.317 e. The van der Waals surface area contributed by atoms with E-state index in [-0.39, 0.29) is 17.4 Å². The summed E-state index contributed by atoms with van der Waals surface area (Å²) < 4.78 is 0. The van der Waals surface area contributed by atoms with Gasteiger partial charge in [-0.05, 0) is 32.4 Å². The highest BCUT2D eigenvalue weighted by Crippen LogP contribution is 2.18. The van der Waals surface area contributed by atoms with Crippen LogP contribution in [-0.4, -0.2) is 67.2 Å². The van der Waals surface area contributed by atoms with Gasteiger partial charge in [0, 0.05) is 26.2 Å². The van der Waals surface area contributed by atoms with Crippen LogP contribution in [-0.2, 0) is 4.79 Å². The topological polar surface area (TPSA) is 72.9 Å². The van der Waals surface area contributed by atoms with Crippen LogP contribution in [0.2, 0.25) is 0 Å². The summed E-state index contributed by atoms with van der Waals surface area (Å²) in [5.74, 6) is -1.05. The normalized spacial score (nSPS) is 17.4. The number of piperidine rings is 1. The largest absolute Gasteiger partial charge is 0.481 e. The number of nitrogens with zero attached hydrogens (tertiary/aromatic N) is 2. The number of carboxylic acid groups (broad SMARTS) is 1. The summed E-state index contributed by atoms with van der Waals surface area (Å²) in [5.41, 5.74) is 0.0124. The van der Waals surface area contributed by atoms with E-state index in [1.54, 1.807) is 4.90 Å². The maximum atomic E-state index is 12.1. The van der Waals surface area contributed by atoms with Crippen LogP contribution in [0, 0.1) is 11.3 Å². The number of urea groups is 1. The van der Waals surface area contributed by atoms with Crippen molar-refractivity contribution in [3.05, 3.63) is 0 Å². The number of carbonyl (C=O) groups excluding carboxylic acids is 1. The Labute approximate surface area is 121 Å². The summed E-state index contributed by atoms with van der Waals surface area (Å²) in [6.07, 6.45) is 1.09. The molecule has 6 nitrogen and oxygen atoms in total. The van der Waals surface area contributed by atoms with Crippen molar-refractivity contribution in [2.75, 3.05) is 40.3 Å². The fraction of sp³-hybridized carbons (Fsp3) is 0.857. The molecule has 0 bridgehead atoms. The van der Waals surface area contributed by atoms with Crippen LogP contribution in [0.4, 0.5) is 4.79 Å². The molecule has 1 fully saturated rings. The maximum absolute atomic E-state index is 12.1. The summed E-state index contributed by atoms with van der Waals surface area (Å²) in [7, 11) is 4.03. The molecule has 116 valence electrons. The number of hydrogen-bond donors (Lipinski definition) is 2. The Morgan fingerprint density at radius 1 is 1.30 bits per heavy atom. The molecule has 1 aliphatic heterocycles. The third kappa shape index (κ3) is 5.36. The van der Waals surface area contributed by atoms with E-state index in [1.807, 2.05) is 14.1 Å². The van der Waals surface area contributed by atoms with E-state index in [4.69, 9.17) is 5.11 Å². The van der Waals surface area contributed by atoms with Crippen LogP contribution in [0.5, 0.6) is 0 Å². The van der Waals surface area contributed by atoms with Crippen LogP contribution in [0.1, 0.15) is 26.7 Å². The number of likely N-dealkylation sites (tertiary alicyclic amines) is 1. The Morgan fingerprint density at radius 2 is 1.85 bits per heavy atom. The molecule has 2 amide bonds. The van der Waals surface area contributed by atoms with Crippen LogP contribution >= 0.6 is 0 Å². The van der Waals surface area contributed by atoms with Crippen molar-refractivity contribution in [1.29, 1.82) is 0 Å². The fourth-order valence-electron chi connectivity index (χ4n) is 2.67. The third-order valence-corrected chi connectivity index (χ3v) is 3.59. The minimum absolute atomic E-state index is 0.0124. The number of amides is 2. The second-order valence-corrected chi connectivity index (χ2v) is 6.66. The molecule has 0 atom stereocenters. The van der Waals surface area contributed by atoms with E-state index in [2.05, 4.69) is 24.1 Å². The van der Waals surface area contributed by atoms with Crippen LogP contribution in [0.25, 0.3) is 0 Å². The summed E-state index contributed by atoms with van der Waals surface area (Å²) in [4.78, 5) is 26.7. The van der Waals surface area contributed by atoms with E-state index < -0.39 is 5.97 Å². The molecule has 1 aliphatic rings. The van der Waals surface area contributed by atoms with E-state index >= 15 is 0 Å². The zero-order valence-corrected chi connectivity index (χ0v) is 13.0. The molecule has 1 heterocycles. The van der Waals surface area contributed by atoms with Crippen molar-refractivity contribution < 1.29 is 14.7 Å². The van der Waals surface area contributed by atoms with Crippen LogP contribution in [0.15, 0.2) is 0 Å². The van der Waals surface area contributed by atoms with Gasteiger partial charge < -0.3 is 20.2 Å². The van der Waals surface area contributed by atoms with Gasteiger partial charge in [0.05, 0.1) is 5.92 Å². The lowest BCUT2D eigenvalue weighted by molar-refractivity contribution is -0.143. The Balaban J connectivity index is 2.35. The summed E-state index contributed by atoms with van der Waals surface area (Å²) in [6.45, 7) is 6.79. The van der Waals surface area contributed by atoms with Crippen LogP contribution < -0.4 is 5.32 Å². The standard InChI is InChI=1S/C14H27N3O3/c1-14(2,10-16(3)4)9-15-13(20)17-7-5-11(6-8-17)12(18)19/h11H,5-10H2,1-4H3,(H,15,20)(H,18,19). The molecule has 2 N–H and O–H groups in total. The summed E-state index contributed by atoms with van der Waals surface area (Å²) in [5, 5.41) is 11.9. The highest BCUT2D eigenvalue weighted by Gasteiger charge is 2.28. The van der Waals surface area contributed by atoms with E-state index in [0.717, 1.165) is 6.54 Å². The van der Waals surface area contributed by atoms with Gasteiger partial charge in [-0.3, -0.25) is 4.79 Å². The summed E-state index contributed by atoms with van der Waals surface area (Å²) >= 11 is 0. The predicted octanol–water partition coefficient (Wildman–Crippen LogP) is 1.08. The monoisotopic (exact) mass is 285 g/mol. The van der Waals surface area contributed by atoms with Crippen molar-refractivity contribution in [3.63, 3.8) is 0 Å². The highest BCUT2D eigenvalue weighted by atomic mass is 16.4. The van der Waals surface area contributed by atoms with Crippen molar-refractivity contribution in [3.8, 4) is 0 Å². The third-order valence-electron chi connectivity index (χ3n) is 3.59. The molecule has 0 aromatic heterocycles. The number of rotatable bonds is 5. The van der Waals surface area contributed by atoms with Crippen molar-refractivity contribution >= 4 is 12.0 Å². The lowest BCUT2D eigenvalue weighted by atomic mass is 9.93. The lowest BCUT2D eigenvalue weighted by Crippen LogP contribution is -2.48. The number of carbonyl (C=O) groups is 2. The average molecular weight is 285 g/mol. The smallest absolute Gasteiger partial charge is 0.317 e. The van der Waals surface area contributed by atoms with E-state index in [9.17, 15) is 9.59 Å². The number of carboxylic acids is 1. The molecular formula is C14H27N3O3. The van der Waals surface area contributed by atoms with E-state index in [0.29, 0.717) is 32.5 Å². The zero-order valence-electron chi connectivity index (χ0n) is 13.0. The molecule has 1 saturated heterocycles.